The minimum atomic E-state index is 0.546. The van der Waals surface area contributed by atoms with Gasteiger partial charge in [-0.15, -0.1) is 11.3 Å². The molecule has 0 saturated carbocycles. The highest BCUT2D eigenvalue weighted by Gasteiger charge is 2.22. The van der Waals surface area contributed by atoms with Gasteiger partial charge in [-0.05, 0) is 35.9 Å². The van der Waals surface area contributed by atoms with E-state index >= 15 is 0 Å². The molecule has 0 spiro atoms. The van der Waals surface area contributed by atoms with Crippen LogP contribution < -0.4 is 0 Å². The zero-order valence-electron chi connectivity index (χ0n) is 27.0. The van der Waals surface area contributed by atoms with E-state index in [1.54, 1.807) is 0 Å². The molecule has 51 heavy (non-hydrogen) atoms. The van der Waals surface area contributed by atoms with Crippen LogP contribution in [-0.2, 0) is 0 Å². The van der Waals surface area contributed by atoms with E-state index in [4.69, 9.17) is 23.8 Å². The first kappa shape index (κ1) is 28.2. The fourth-order valence-corrected chi connectivity index (χ4v) is 8.63. The molecule has 0 atom stereocenters. The van der Waals surface area contributed by atoms with Crippen molar-refractivity contribution in [1.82, 2.24) is 15.0 Å². The summed E-state index contributed by atoms with van der Waals surface area (Å²) < 4.78 is 15.7. The third-order valence-electron chi connectivity index (χ3n) is 9.77. The Bertz CT molecular complexity index is 3160. The van der Waals surface area contributed by atoms with Gasteiger partial charge >= 0.3 is 0 Å². The van der Waals surface area contributed by atoms with Crippen LogP contribution in [0.2, 0.25) is 0 Å². The summed E-state index contributed by atoms with van der Waals surface area (Å²) in [5.41, 5.74) is 8.00. The van der Waals surface area contributed by atoms with Crippen molar-refractivity contribution in [2.75, 3.05) is 0 Å². The van der Waals surface area contributed by atoms with Crippen molar-refractivity contribution in [3.05, 3.63) is 152 Å². The second kappa shape index (κ2) is 10.9. The van der Waals surface area contributed by atoms with Gasteiger partial charge in [-0.3, -0.25) is 0 Å². The van der Waals surface area contributed by atoms with Crippen molar-refractivity contribution in [2.45, 2.75) is 0 Å². The number of thiophene rings is 1. The highest BCUT2D eigenvalue weighted by Crippen LogP contribution is 2.45. The van der Waals surface area contributed by atoms with Crippen LogP contribution in [0.4, 0.5) is 0 Å². The molecule has 0 amide bonds. The van der Waals surface area contributed by atoms with Crippen LogP contribution >= 0.6 is 11.3 Å². The van der Waals surface area contributed by atoms with Gasteiger partial charge in [0.2, 0.25) is 0 Å². The van der Waals surface area contributed by atoms with Gasteiger partial charge in [0.1, 0.15) is 22.3 Å². The van der Waals surface area contributed by atoms with Crippen molar-refractivity contribution in [3.63, 3.8) is 0 Å². The van der Waals surface area contributed by atoms with E-state index in [-0.39, 0.29) is 0 Å². The lowest BCUT2D eigenvalue weighted by molar-refractivity contribution is 0.669. The van der Waals surface area contributed by atoms with Crippen molar-refractivity contribution in [2.24, 2.45) is 0 Å². The van der Waals surface area contributed by atoms with Crippen molar-refractivity contribution >= 4 is 75.4 Å². The lowest BCUT2D eigenvalue weighted by Crippen LogP contribution is -2.00. The van der Waals surface area contributed by atoms with Crippen LogP contribution in [0, 0.1) is 0 Å². The van der Waals surface area contributed by atoms with Gasteiger partial charge in [-0.2, -0.15) is 0 Å². The molecule has 4 aromatic heterocycles. The molecule has 0 bridgehead atoms. The van der Waals surface area contributed by atoms with Crippen LogP contribution in [0.25, 0.3) is 109 Å². The second-order valence-corrected chi connectivity index (χ2v) is 13.8. The maximum Gasteiger partial charge on any atom is 0.167 e. The van der Waals surface area contributed by atoms with Gasteiger partial charge in [0.15, 0.2) is 17.5 Å². The predicted octanol–water partition coefficient (Wildman–Crippen LogP) is 12.7. The number of hydrogen-bond acceptors (Lipinski definition) is 6. The van der Waals surface area contributed by atoms with Crippen molar-refractivity contribution in [3.8, 4) is 45.3 Å². The molecule has 11 aromatic rings. The van der Waals surface area contributed by atoms with E-state index in [9.17, 15) is 0 Å². The molecule has 0 saturated heterocycles. The SMILES string of the molecule is c1ccc(-c2nc(-c3cccc4c3oc3ccccc34)nc(-c3cccc4oc5c(-c6cccc7sc8ccccc8c67)cccc5c34)n2)cc1. The van der Waals surface area contributed by atoms with E-state index in [0.717, 1.165) is 71.7 Å². The average Bonchev–Trinajstić information content (AvgIpc) is 3.89. The van der Waals surface area contributed by atoms with E-state index in [1.807, 2.05) is 84.1 Å². The van der Waals surface area contributed by atoms with E-state index in [0.29, 0.717) is 17.5 Å². The molecule has 7 aromatic carbocycles. The van der Waals surface area contributed by atoms with Crippen molar-refractivity contribution < 1.29 is 8.83 Å². The zero-order chi connectivity index (χ0) is 33.5. The molecular weight excluding hydrogens is 647 g/mol. The Morgan fingerprint density at radius 3 is 1.82 bits per heavy atom. The maximum atomic E-state index is 6.78. The molecule has 11 rings (SSSR count). The molecule has 0 aliphatic heterocycles. The summed E-state index contributed by atoms with van der Waals surface area (Å²) >= 11 is 1.82. The molecule has 6 heteroatoms. The number of hydrogen-bond donors (Lipinski definition) is 0. The van der Waals surface area contributed by atoms with Gasteiger partial charge < -0.3 is 8.83 Å². The van der Waals surface area contributed by atoms with Crippen LogP contribution in [0.15, 0.2) is 160 Å². The van der Waals surface area contributed by atoms with Gasteiger partial charge in [-0.25, -0.2) is 15.0 Å². The Morgan fingerprint density at radius 1 is 0.353 bits per heavy atom. The van der Waals surface area contributed by atoms with Crippen LogP contribution in [0.3, 0.4) is 0 Å². The molecule has 0 aliphatic carbocycles. The monoisotopic (exact) mass is 671 g/mol. The van der Waals surface area contributed by atoms with E-state index < -0.39 is 0 Å². The smallest absolute Gasteiger partial charge is 0.167 e. The number of rotatable bonds is 4. The van der Waals surface area contributed by atoms with Gasteiger partial charge in [0, 0.05) is 58.4 Å². The van der Waals surface area contributed by atoms with Gasteiger partial charge in [0.05, 0.1) is 5.56 Å². The molecule has 5 nitrogen and oxygen atoms in total. The van der Waals surface area contributed by atoms with E-state index in [2.05, 4.69) is 78.9 Å². The summed E-state index contributed by atoms with van der Waals surface area (Å²) in [4.78, 5) is 15.3. The largest absolute Gasteiger partial charge is 0.455 e. The first-order chi connectivity index (χ1) is 25.3. The van der Waals surface area contributed by atoms with Crippen LogP contribution in [0.1, 0.15) is 0 Å². The molecule has 0 fully saturated rings. The first-order valence-corrected chi connectivity index (χ1v) is 17.7. The summed E-state index contributed by atoms with van der Waals surface area (Å²) in [7, 11) is 0. The Morgan fingerprint density at radius 2 is 0.922 bits per heavy atom. The lowest BCUT2D eigenvalue weighted by atomic mass is 9.97. The van der Waals surface area contributed by atoms with Crippen LogP contribution in [0.5, 0.6) is 0 Å². The highest BCUT2D eigenvalue weighted by molar-refractivity contribution is 7.25. The summed E-state index contributed by atoms with van der Waals surface area (Å²) in [6.45, 7) is 0. The molecular formula is C45H25N3O2S. The number of fused-ring (bicyclic) bond motifs is 9. The molecule has 4 heterocycles. The normalized spacial score (nSPS) is 11.9. The fraction of sp³-hybridized carbons (Fsp3) is 0. The molecule has 0 unspecified atom stereocenters. The summed E-state index contributed by atoms with van der Waals surface area (Å²) in [5.74, 6) is 1.70. The summed E-state index contributed by atoms with van der Waals surface area (Å²) in [6, 6.07) is 52.0. The Hall–Kier alpha value is -6.63. The number of nitrogens with zero attached hydrogens (tertiary/aromatic N) is 3. The zero-order valence-corrected chi connectivity index (χ0v) is 27.8. The summed E-state index contributed by atoms with van der Waals surface area (Å²) in [5, 5.41) is 6.57. The van der Waals surface area contributed by atoms with Crippen LogP contribution in [-0.4, -0.2) is 15.0 Å². The molecule has 0 N–H and O–H groups in total. The standard InChI is InChI=1S/C45H25N3O2S/c1-2-12-26(13-3-1)43-46-44(48-45(47-43)34-21-9-17-29-27-14-4-6-22-35(27)49-42(29)34)33-20-10-23-36-39(33)32-19-8-18-30(41(32)50-36)28-16-11-25-38-40(28)31-15-5-7-24-37(31)51-38/h1-25H. The molecule has 238 valence electrons. The quantitative estimate of drug-likeness (QED) is 0.186. The minimum Gasteiger partial charge on any atom is -0.455 e. The maximum absolute atomic E-state index is 6.78. The second-order valence-electron chi connectivity index (χ2n) is 12.7. The lowest BCUT2D eigenvalue weighted by Gasteiger charge is -2.09. The van der Waals surface area contributed by atoms with Crippen molar-refractivity contribution in [1.29, 1.82) is 0 Å². The summed E-state index contributed by atoms with van der Waals surface area (Å²) in [6.07, 6.45) is 0. The molecule has 0 radical (unpaired) electrons. The average molecular weight is 672 g/mol. The Balaban J connectivity index is 1.17. The number of para-hydroxylation sites is 3. The fourth-order valence-electron chi connectivity index (χ4n) is 7.50. The third kappa shape index (κ3) is 4.30. The van der Waals surface area contributed by atoms with Gasteiger partial charge in [0.25, 0.3) is 0 Å². The third-order valence-corrected chi connectivity index (χ3v) is 10.9. The van der Waals surface area contributed by atoms with Gasteiger partial charge in [-0.1, -0.05) is 121 Å². The molecule has 0 aliphatic rings. The topological polar surface area (TPSA) is 65.0 Å². The predicted molar refractivity (Wildman–Crippen MR) is 209 cm³/mol. The number of aromatic nitrogens is 3. The Labute approximate surface area is 295 Å². The minimum absolute atomic E-state index is 0.546. The number of furan rings is 2. The van der Waals surface area contributed by atoms with E-state index in [1.165, 1.54) is 20.2 Å². The Kier molecular flexibility index (Phi) is 6.05. The highest BCUT2D eigenvalue weighted by atomic mass is 32.1. The first-order valence-electron chi connectivity index (χ1n) is 16.9. The number of benzene rings is 7.